The third kappa shape index (κ3) is 2.52. The third-order valence-corrected chi connectivity index (χ3v) is 7.53. The highest BCUT2D eigenvalue weighted by molar-refractivity contribution is 5.77. The maximum atomic E-state index is 11.0. The van der Waals surface area contributed by atoms with E-state index in [4.69, 9.17) is 0 Å². The van der Waals surface area contributed by atoms with Gasteiger partial charge in [-0.2, -0.15) is 0 Å². The van der Waals surface area contributed by atoms with Gasteiger partial charge in [-0.3, -0.25) is 4.79 Å². The molecule has 4 unspecified atom stereocenters. The van der Waals surface area contributed by atoms with Crippen molar-refractivity contribution in [1.82, 2.24) is 0 Å². The van der Waals surface area contributed by atoms with Crippen LogP contribution in [0.2, 0.25) is 0 Å². The summed E-state index contributed by atoms with van der Waals surface area (Å²) < 4.78 is 0. The first-order valence-electron chi connectivity index (χ1n) is 10.1. The second kappa shape index (κ2) is 6.62. The summed E-state index contributed by atoms with van der Waals surface area (Å²) >= 11 is 0. The van der Waals surface area contributed by atoms with Gasteiger partial charge in [-0.05, 0) is 98.8 Å². The summed E-state index contributed by atoms with van der Waals surface area (Å²) in [5.41, 5.74) is 6.89. The number of carbonyl (C=O) groups is 1. The zero-order valence-electron chi connectivity index (χ0n) is 16.2. The SMILES string of the molecule is CC#Cc1cc2c(cc1NC=O)CCC1C2CCC2(C)/C(=C\C)CCC12. The molecule has 0 bridgehead atoms. The van der Waals surface area contributed by atoms with E-state index < -0.39 is 0 Å². The van der Waals surface area contributed by atoms with Gasteiger partial charge in [0, 0.05) is 5.56 Å². The van der Waals surface area contributed by atoms with Gasteiger partial charge in [0.1, 0.15) is 0 Å². The van der Waals surface area contributed by atoms with Crippen LogP contribution in [0.5, 0.6) is 0 Å². The summed E-state index contributed by atoms with van der Waals surface area (Å²) in [5, 5.41) is 2.85. The van der Waals surface area contributed by atoms with Crippen molar-refractivity contribution in [2.75, 3.05) is 5.32 Å². The van der Waals surface area contributed by atoms with Gasteiger partial charge in [-0.25, -0.2) is 0 Å². The van der Waals surface area contributed by atoms with Crippen molar-refractivity contribution >= 4 is 12.1 Å². The van der Waals surface area contributed by atoms with Crippen molar-refractivity contribution in [2.45, 2.75) is 65.2 Å². The first-order chi connectivity index (χ1) is 12.6. The topological polar surface area (TPSA) is 29.1 Å². The number of anilines is 1. The molecule has 2 nitrogen and oxygen atoms in total. The number of hydrogen-bond donors (Lipinski definition) is 1. The Balaban J connectivity index is 1.73. The summed E-state index contributed by atoms with van der Waals surface area (Å²) in [6.07, 6.45) is 10.8. The highest BCUT2D eigenvalue weighted by Crippen LogP contribution is 2.62. The van der Waals surface area contributed by atoms with Crippen molar-refractivity contribution in [2.24, 2.45) is 17.3 Å². The van der Waals surface area contributed by atoms with Gasteiger partial charge >= 0.3 is 0 Å². The fourth-order valence-corrected chi connectivity index (χ4v) is 6.36. The summed E-state index contributed by atoms with van der Waals surface area (Å²) in [4.78, 5) is 11.0. The Morgan fingerprint density at radius 1 is 1.23 bits per heavy atom. The first kappa shape index (κ1) is 17.4. The number of benzene rings is 1. The second-order valence-corrected chi connectivity index (χ2v) is 8.46. The van der Waals surface area contributed by atoms with Gasteiger partial charge in [0.15, 0.2) is 0 Å². The normalized spacial score (nSPS) is 33.5. The molecule has 0 spiro atoms. The minimum atomic E-state index is 0.429. The highest BCUT2D eigenvalue weighted by Gasteiger charge is 2.52. The zero-order chi connectivity index (χ0) is 18.3. The smallest absolute Gasteiger partial charge is 0.211 e. The van der Waals surface area contributed by atoms with Gasteiger partial charge < -0.3 is 5.32 Å². The number of rotatable bonds is 2. The van der Waals surface area contributed by atoms with Crippen molar-refractivity contribution in [3.05, 3.63) is 40.5 Å². The molecule has 0 heterocycles. The monoisotopic (exact) mass is 347 g/mol. The zero-order valence-corrected chi connectivity index (χ0v) is 16.2. The van der Waals surface area contributed by atoms with E-state index in [2.05, 4.69) is 49.2 Å². The van der Waals surface area contributed by atoms with Crippen molar-refractivity contribution < 1.29 is 4.79 Å². The molecule has 4 rings (SSSR count). The number of carbonyl (C=O) groups excluding carboxylic acids is 1. The molecule has 2 saturated carbocycles. The molecule has 1 aromatic rings. The van der Waals surface area contributed by atoms with Gasteiger partial charge in [-0.1, -0.05) is 24.5 Å². The van der Waals surface area contributed by atoms with Crippen LogP contribution in [0.4, 0.5) is 5.69 Å². The minimum absolute atomic E-state index is 0.429. The van der Waals surface area contributed by atoms with Crippen LogP contribution in [0.3, 0.4) is 0 Å². The molecule has 26 heavy (non-hydrogen) atoms. The molecule has 0 radical (unpaired) electrons. The van der Waals surface area contributed by atoms with E-state index in [1.807, 2.05) is 6.92 Å². The molecule has 0 aromatic heterocycles. The third-order valence-electron chi connectivity index (χ3n) is 7.53. The van der Waals surface area contributed by atoms with Crippen molar-refractivity contribution in [1.29, 1.82) is 0 Å². The fraction of sp³-hybridized carbons (Fsp3) is 0.542. The second-order valence-electron chi connectivity index (χ2n) is 8.46. The number of hydrogen-bond acceptors (Lipinski definition) is 1. The Hall–Kier alpha value is -2.01. The van der Waals surface area contributed by atoms with Gasteiger partial charge in [0.2, 0.25) is 6.41 Å². The number of aryl methyl sites for hydroxylation is 1. The van der Waals surface area contributed by atoms with E-state index in [1.165, 1.54) is 43.2 Å². The van der Waals surface area contributed by atoms with E-state index in [9.17, 15) is 4.79 Å². The fourth-order valence-electron chi connectivity index (χ4n) is 6.36. The molecule has 4 atom stereocenters. The lowest BCUT2D eigenvalue weighted by molar-refractivity contribution is -0.105. The Labute approximate surface area is 157 Å². The van der Waals surface area contributed by atoms with Crippen LogP contribution in [-0.4, -0.2) is 6.41 Å². The molecule has 0 aliphatic heterocycles. The molecule has 1 aromatic carbocycles. The van der Waals surface area contributed by atoms with Crippen molar-refractivity contribution in [3.8, 4) is 11.8 Å². The maximum absolute atomic E-state index is 11.0. The molecule has 1 N–H and O–H groups in total. The number of allylic oxidation sites excluding steroid dienone is 2. The number of nitrogens with one attached hydrogen (secondary N) is 1. The molecule has 2 heteroatoms. The van der Waals surface area contributed by atoms with Crippen LogP contribution in [0.15, 0.2) is 23.8 Å². The minimum Gasteiger partial charge on any atom is -0.328 e. The summed E-state index contributed by atoms with van der Waals surface area (Å²) in [5.74, 6) is 8.49. The van der Waals surface area contributed by atoms with Crippen LogP contribution < -0.4 is 5.32 Å². The Morgan fingerprint density at radius 2 is 2.08 bits per heavy atom. The molecule has 2 fully saturated rings. The molecular weight excluding hydrogens is 318 g/mol. The number of fused-ring (bicyclic) bond motifs is 5. The largest absolute Gasteiger partial charge is 0.328 e. The van der Waals surface area contributed by atoms with Crippen LogP contribution in [0.1, 0.15) is 75.5 Å². The van der Waals surface area contributed by atoms with Crippen LogP contribution in [0.25, 0.3) is 0 Å². The van der Waals surface area contributed by atoms with Gasteiger partial charge in [0.05, 0.1) is 5.69 Å². The molecule has 3 aliphatic rings. The quantitative estimate of drug-likeness (QED) is 0.431. The highest BCUT2D eigenvalue weighted by atomic mass is 16.1. The standard InChI is InChI=1S/C24H29NO/c1-4-6-17-13-21-16(14-23(17)25-15-26)7-9-20-19(21)11-12-24(3)18(5-2)8-10-22(20)24/h5,13-15,19-20,22H,7-12H2,1-3H3,(H,25,26)/b18-5-. The van der Waals surface area contributed by atoms with Gasteiger partial charge in [-0.15, -0.1) is 5.92 Å². The first-order valence-corrected chi connectivity index (χ1v) is 10.1. The van der Waals surface area contributed by atoms with E-state index in [1.54, 1.807) is 5.57 Å². The Kier molecular flexibility index (Phi) is 4.43. The summed E-state index contributed by atoms with van der Waals surface area (Å²) in [7, 11) is 0. The molecule has 3 aliphatic carbocycles. The van der Waals surface area contributed by atoms with Gasteiger partial charge in [0.25, 0.3) is 0 Å². The lowest BCUT2D eigenvalue weighted by Crippen LogP contribution is -2.40. The summed E-state index contributed by atoms with van der Waals surface area (Å²) in [6, 6.07) is 4.46. The van der Waals surface area contributed by atoms with Crippen LogP contribution in [0, 0.1) is 29.1 Å². The van der Waals surface area contributed by atoms with Crippen LogP contribution in [-0.2, 0) is 11.2 Å². The van der Waals surface area contributed by atoms with E-state index >= 15 is 0 Å². The molecular formula is C24H29NO. The predicted octanol–water partition coefficient (Wildman–Crippen LogP) is 5.43. The average molecular weight is 348 g/mol. The molecule has 136 valence electrons. The molecule has 1 amide bonds. The Bertz CT molecular complexity index is 825. The summed E-state index contributed by atoms with van der Waals surface area (Å²) in [6.45, 7) is 6.61. The lowest BCUT2D eigenvalue weighted by atomic mass is 9.55. The van der Waals surface area contributed by atoms with Crippen molar-refractivity contribution in [3.63, 3.8) is 0 Å². The lowest BCUT2D eigenvalue weighted by Gasteiger charge is -2.49. The van der Waals surface area contributed by atoms with Crippen LogP contribution >= 0.6 is 0 Å². The molecule has 0 saturated heterocycles. The Morgan fingerprint density at radius 3 is 2.81 bits per heavy atom. The number of amides is 1. The predicted molar refractivity (Wildman–Crippen MR) is 107 cm³/mol. The van der Waals surface area contributed by atoms with E-state index in [0.717, 1.165) is 35.9 Å². The average Bonchev–Trinajstić information content (AvgIpc) is 2.99. The maximum Gasteiger partial charge on any atom is 0.211 e. The van der Waals surface area contributed by atoms with E-state index in [0.29, 0.717) is 11.3 Å². The van der Waals surface area contributed by atoms with E-state index in [-0.39, 0.29) is 0 Å².